The van der Waals surface area contributed by atoms with Gasteiger partial charge in [-0.05, 0) is 31.8 Å². The number of likely N-dealkylation sites (N-methyl/N-ethyl adjacent to an activating group) is 1. The first-order valence-corrected chi connectivity index (χ1v) is 6.62. The summed E-state index contributed by atoms with van der Waals surface area (Å²) < 4.78 is 22.3. The summed E-state index contributed by atoms with van der Waals surface area (Å²) >= 11 is 0. The lowest BCUT2D eigenvalue weighted by molar-refractivity contribution is -0.119. The highest BCUT2D eigenvalue weighted by molar-refractivity contribution is 7.89. The minimum Gasteiger partial charge on any atom is -0.302 e. The molecule has 0 aliphatic heterocycles. The normalized spacial score (nSPS) is 11.8. The number of benzene rings is 1. The molecule has 1 aromatic carbocycles. The molecule has 17 heavy (non-hydrogen) atoms. The predicted molar refractivity (Wildman–Crippen MR) is 65.1 cm³/mol. The molecule has 5 nitrogen and oxygen atoms in total. The fourth-order valence-electron chi connectivity index (χ4n) is 1.47. The molecule has 0 saturated heterocycles. The van der Waals surface area contributed by atoms with E-state index in [1.165, 1.54) is 12.1 Å². The molecule has 0 atom stereocenters. The SMILES string of the molecule is CN(C)CC(=O)Cc1cccc(S(N)(=O)=O)c1. The van der Waals surface area contributed by atoms with Crippen LogP contribution in [0, 0.1) is 0 Å². The van der Waals surface area contributed by atoms with Crippen LogP contribution < -0.4 is 5.14 Å². The quantitative estimate of drug-likeness (QED) is 0.804. The summed E-state index contributed by atoms with van der Waals surface area (Å²) in [4.78, 5) is 13.4. The van der Waals surface area contributed by atoms with E-state index in [9.17, 15) is 13.2 Å². The van der Waals surface area contributed by atoms with Crippen molar-refractivity contribution in [2.75, 3.05) is 20.6 Å². The van der Waals surface area contributed by atoms with Crippen molar-refractivity contribution in [3.8, 4) is 0 Å². The van der Waals surface area contributed by atoms with Crippen LogP contribution in [0.25, 0.3) is 0 Å². The Kier molecular flexibility index (Phi) is 4.39. The van der Waals surface area contributed by atoms with Gasteiger partial charge in [-0.2, -0.15) is 0 Å². The maximum atomic E-state index is 11.6. The topological polar surface area (TPSA) is 80.5 Å². The summed E-state index contributed by atoms with van der Waals surface area (Å²) in [6.07, 6.45) is 0.210. The first kappa shape index (κ1) is 13.8. The number of ketones is 1. The summed E-state index contributed by atoms with van der Waals surface area (Å²) in [5.74, 6) is 0.0292. The first-order valence-electron chi connectivity index (χ1n) is 5.07. The molecule has 2 N–H and O–H groups in total. The maximum Gasteiger partial charge on any atom is 0.238 e. The molecule has 6 heteroatoms. The van der Waals surface area contributed by atoms with Gasteiger partial charge in [0.2, 0.25) is 10.0 Å². The molecule has 0 heterocycles. The average molecular weight is 256 g/mol. The number of nitrogens with zero attached hydrogens (tertiary/aromatic N) is 1. The summed E-state index contributed by atoms with van der Waals surface area (Å²) in [6, 6.07) is 6.14. The number of sulfonamides is 1. The molecule has 0 aliphatic carbocycles. The van der Waals surface area contributed by atoms with Crippen molar-refractivity contribution in [3.63, 3.8) is 0 Å². The van der Waals surface area contributed by atoms with Crippen LogP contribution in [0.2, 0.25) is 0 Å². The van der Waals surface area contributed by atoms with Crippen molar-refractivity contribution in [2.45, 2.75) is 11.3 Å². The van der Waals surface area contributed by atoms with Gasteiger partial charge in [-0.1, -0.05) is 12.1 Å². The third-order valence-electron chi connectivity index (χ3n) is 2.12. The van der Waals surface area contributed by atoms with Gasteiger partial charge in [0, 0.05) is 6.42 Å². The zero-order valence-electron chi connectivity index (χ0n) is 9.88. The standard InChI is InChI=1S/C11H16N2O3S/c1-13(2)8-10(14)6-9-4-3-5-11(7-9)17(12,15)16/h3-5,7H,6,8H2,1-2H3,(H2,12,15,16). The lowest BCUT2D eigenvalue weighted by Gasteiger charge is -2.08. The molecule has 0 aliphatic rings. The minimum atomic E-state index is -3.71. The molecule has 0 fully saturated rings. The molecule has 0 amide bonds. The predicted octanol–water partition coefficient (Wildman–Crippen LogP) is 0.00720. The van der Waals surface area contributed by atoms with Crippen LogP contribution >= 0.6 is 0 Å². The molecule has 0 saturated carbocycles. The van der Waals surface area contributed by atoms with E-state index in [2.05, 4.69) is 0 Å². The van der Waals surface area contributed by atoms with Gasteiger partial charge in [0.15, 0.2) is 5.78 Å². The van der Waals surface area contributed by atoms with Crippen molar-refractivity contribution in [3.05, 3.63) is 29.8 Å². The third kappa shape index (κ3) is 4.64. The second kappa shape index (κ2) is 5.39. The van der Waals surface area contributed by atoms with E-state index in [-0.39, 0.29) is 17.1 Å². The average Bonchev–Trinajstić information content (AvgIpc) is 2.15. The number of primary sulfonamides is 1. The number of hydrogen-bond acceptors (Lipinski definition) is 4. The lowest BCUT2D eigenvalue weighted by Crippen LogP contribution is -2.23. The Labute approximate surface area is 101 Å². The summed E-state index contributed by atoms with van der Waals surface area (Å²) in [5.41, 5.74) is 0.656. The molecule has 1 rings (SSSR count). The van der Waals surface area contributed by atoms with E-state index >= 15 is 0 Å². The molecule has 0 aromatic heterocycles. The smallest absolute Gasteiger partial charge is 0.238 e. The van der Waals surface area contributed by atoms with E-state index in [1.807, 2.05) is 0 Å². The van der Waals surface area contributed by atoms with Crippen LogP contribution in [0.15, 0.2) is 29.2 Å². The van der Waals surface area contributed by atoms with E-state index in [0.29, 0.717) is 12.1 Å². The fourth-order valence-corrected chi connectivity index (χ4v) is 2.05. The van der Waals surface area contributed by atoms with Crippen LogP contribution in [0.1, 0.15) is 5.56 Å². The van der Waals surface area contributed by atoms with Crippen LogP contribution in [-0.4, -0.2) is 39.7 Å². The van der Waals surface area contributed by atoms with Gasteiger partial charge in [0.25, 0.3) is 0 Å². The zero-order chi connectivity index (χ0) is 13.1. The number of carbonyl (C=O) groups excluding carboxylic acids is 1. The van der Waals surface area contributed by atoms with Gasteiger partial charge in [-0.15, -0.1) is 0 Å². The number of rotatable bonds is 5. The second-order valence-electron chi connectivity index (χ2n) is 4.15. The summed E-state index contributed by atoms with van der Waals surface area (Å²) in [5, 5.41) is 5.02. The lowest BCUT2D eigenvalue weighted by atomic mass is 10.1. The number of hydrogen-bond donors (Lipinski definition) is 1. The Balaban J connectivity index is 2.83. The van der Waals surface area contributed by atoms with E-state index in [0.717, 1.165) is 0 Å². The molecule has 0 unspecified atom stereocenters. The van der Waals surface area contributed by atoms with Gasteiger partial charge in [0.05, 0.1) is 11.4 Å². The molecule has 0 radical (unpaired) electrons. The van der Waals surface area contributed by atoms with Gasteiger partial charge in [0.1, 0.15) is 0 Å². The molecule has 0 bridgehead atoms. The molecule has 94 valence electrons. The van der Waals surface area contributed by atoms with Crippen molar-refractivity contribution >= 4 is 15.8 Å². The Morgan fingerprint density at radius 1 is 1.35 bits per heavy atom. The van der Waals surface area contributed by atoms with Crippen molar-refractivity contribution in [2.24, 2.45) is 5.14 Å². The third-order valence-corrected chi connectivity index (χ3v) is 3.03. The highest BCUT2D eigenvalue weighted by Crippen LogP contribution is 2.10. The monoisotopic (exact) mass is 256 g/mol. The van der Waals surface area contributed by atoms with E-state index in [4.69, 9.17) is 5.14 Å². The van der Waals surface area contributed by atoms with Crippen molar-refractivity contribution in [1.29, 1.82) is 0 Å². The summed E-state index contributed by atoms with van der Waals surface area (Å²) in [7, 11) is -0.0974. The van der Waals surface area contributed by atoms with Crippen LogP contribution in [0.3, 0.4) is 0 Å². The van der Waals surface area contributed by atoms with E-state index < -0.39 is 10.0 Å². The Hall–Kier alpha value is -1.24. The van der Waals surface area contributed by atoms with Crippen LogP contribution in [0.4, 0.5) is 0 Å². The van der Waals surface area contributed by atoms with Crippen molar-refractivity contribution < 1.29 is 13.2 Å². The molecule has 0 spiro atoms. The zero-order valence-corrected chi connectivity index (χ0v) is 10.7. The van der Waals surface area contributed by atoms with E-state index in [1.54, 1.807) is 31.1 Å². The molecular formula is C11H16N2O3S. The molecule has 1 aromatic rings. The van der Waals surface area contributed by atoms with Crippen molar-refractivity contribution in [1.82, 2.24) is 4.90 Å². The van der Waals surface area contributed by atoms with Gasteiger partial charge in [-0.3, -0.25) is 4.79 Å². The van der Waals surface area contributed by atoms with Gasteiger partial charge >= 0.3 is 0 Å². The maximum absolute atomic E-state index is 11.6. The number of nitrogens with two attached hydrogens (primary N) is 1. The fraction of sp³-hybridized carbons (Fsp3) is 0.364. The van der Waals surface area contributed by atoms with Gasteiger partial charge in [-0.25, -0.2) is 13.6 Å². The van der Waals surface area contributed by atoms with Crippen LogP contribution in [0.5, 0.6) is 0 Å². The minimum absolute atomic E-state index is 0.0292. The number of carbonyl (C=O) groups is 1. The van der Waals surface area contributed by atoms with Gasteiger partial charge < -0.3 is 4.90 Å². The summed E-state index contributed by atoms with van der Waals surface area (Å²) in [6.45, 7) is 0.333. The Bertz CT molecular complexity index is 509. The highest BCUT2D eigenvalue weighted by atomic mass is 32.2. The van der Waals surface area contributed by atoms with Crippen LogP contribution in [-0.2, 0) is 21.2 Å². The largest absolute Gasteiger partial charge is 0.302 e. The first-order chi connectivity index (χ1) is 7.79. The Morgan fingerprint density at radius 2 is 2.00 bits per heavy atom. The highest BCUT2D eigenvalue weighted by Gasteiger charge is 2.10. The number of Topliss-reactive ketones (excluding diaryl/α,β-unsaturated/α-hetero) is 1. The second-order valence-corrected chi connectivity index (χ2v) is 5.71. The molecular weight excluding hydrogens is 240 g/mol. The Morgan fingerprint density at radius 3 is 2.53 bits per heavy atom.